The molecule has 0 unspecified atom stereocenters. The van der Waals surface area contributed by atoms with Gasteiger partial charge in [0.1, 0.15) is 5.82 Å². The molecule has 0 spiro atoms. The van der Waals surface area contributed by atoms with Crippen LogP contribution >= 0.6 is 11.8 Å². The number of rotatable bonds is 2. The number of pyridine rings is 1. The summed E-state index contributed by atoms with van der Waals surface area (Å²) in [5.74, 6) is 2.24. The van der Waals surface area contributed by atoms with Gasteiger partial charge in [0.2, 0.25) is 0 Å². The highest BCUT2D eigenvalue weighted by molar-refractivity contribution is 8.00. The van der Waals surface area contributed by atoms with Crippen molar-refractivity contribution in [3.63, 3.8) is 0 Å². The summed E-state index contributed by atoms with van der Waals surface area (Å²) in [5, 5.41) is 0. The Morgan fingerprint density at radius 2 is 2.22 bits per heavy atom. The van der Waals surface area contributed by atoms with Crippen LogP contribution in [0.1, 0.15) is 38.8 Å². The first-order valence-corrected chi connectivity index (χ1v) is 7.57. The van der Waals surface area contributed by atoms with Gasteiger partial charge in [0, 0.05) is 35.8 Å². The number of anilines is 1. The van der Waals surface area contributed by atoms with E-state index < -0.39 is 0 Å². The molecule has 1 aromatic rings. The van der Waals surface area contributed by atoms with Crippen LogP contribution in [-0.2, 0) is 0 Å². The SMILES string of the molecule is C[C@@H](N)c1ccnc(N2CCSC(C)(C)CC2)c1. The van der Waals surface area contributed by atoms with E-state index in [2.05, 4.69) is 41.6 Å². The van der Waals surface area contributed by atoms with Crippen LogP contribution in [0.3, 0.4) is 0 Å². The molecule has 2 N–H and O–H groups in total. The number of aromatic nitrogens is 1. The average molecular weight is 265 g/mol. The van der Waals surface area contributed by atoms with Crippen molar-refractivity contribution in [2.24, 2.45) is 5.73 Å². The fraction of sp³-hybridized carbons (Fsp3) is 0.643. The topological polar surface area (TPSA) is 42.1 Å². The summed E-state index contributed by atoms with van der Waals surface area (Å²) in [7, 11) is 0. The van der Waals surface area contributed by atoms with Crippen LogP contribution in [0, 0.1) is 0 Å². The van der Waals surface area contributed by atoms with Gasteiger partial charge < -0.3 is 10.6 Å². The molecule has 1 aliphatic heterocycles. The fourth-order valence-corrected chi connectivity index (χ4v) is 3.24. The number of nitrogens with two attached hydrogens (primary N) is 1. The lowest BCUT2D eigenvalue weighted by Gasteiger charge is -2.24. The van der Waals surface area contributed by atoms with Gasteiger partial charge in [-0.1, -0.05) is 13.8 Å². The molecule has 0 radical (unpaired) electrons. The van der Waals surface area contributed by atoms with Crippen molar-refractivity contribution in [2.75, 3.05) is 23.7 Å². The van der Waals surface area contributed by atoms with Crippen molar-refractivity contribution in [1.29, 1.82) is 0 Å². The predicted octanol–water partition coefficient (Wildman–Crippen LogP) is 2.82. The molecule has 0 aliphatic carbocycles. The average Bonchev–Trinajstić information content (AvgIpc) is 2.50. The van der Waals surface area contributed by atoms with E-state index in [0.29, 0.717) is 4.75 Å². The van der Waals surface area contributed by atoms with Crippen molar-refractivity contribution in [3.05, 3.63) is 23.9 Å². The maximum atomic E-state index is 5.94. The van der Waals surface area contributed by atoms with E-state index >= 15 is 0 Å². The van der Waals surface area contributed by atoms with Crippen LogP contribution in [0.5, 0.6) is 0 Å². The Hall–Kier alpha value is -0.740. The van der Waals surface area contributed by atoms with Gasteiger partial charge in [-0.15, -0.1) is 0 Å². The Morgan fingerprint density at radius 3 is 2.94 bits per heavy atom. The summed E-state index contributed by atoms with van der Waals surface area (Å²) in [6.45, 7) is 8.82. The molecule has 1 saturated heterocycles. The Labute approximate surface area is 114 Å². The monoisotopic (exact) mass is 265 g/mol. The maximum Gasteiger partial charge on any atom is 0.128 e. The zero-order valence-corrected chi connectivity index (χ0v) is 12.3. The van der Waals surface area contributed by atoms with E-state index in [0.717, 1.165) is 30.2 Å². The minimum Gasteiger partial charge on any atom is -0.356 e. The molecular weight excluding hydrogens is 242 g/mol. The predicted molar refractivity (Wildman–Crippen MR) is 80.2 cm³/mol. The molecule has 0 bridgehead atoms. The molecule has 3 nitrogen and oxygen atoms in total. The van der Waals surface area contributed by atoms with Crippen molar-refractivity contribution in [2.45, 2.75) is 38.0 Å². The van der Waals surface area contributed by atoms with Gasteiger partial charge in [0.25, 0.3) is 0 Å². The van der Waals surface area contributed by atoms with Crippen molar-refractivity contribution in [3.8, 4) is 0 Å². The third-order valence-electron chi connectivity index (χ3n) is 3.46. The van der Waals surface area contributed by atoms with E-state index in [1.165, 1.54) is 6.42 Å². The second-order valence-electron chi connectivity index (χ2n) is 5.58. The van der Waals surface area contributed by atoms with Crippen molar-refractivity contribution in [1.82, 2.24) is 4.98 Å². The van der Waals surface area contributed by atoms with Crippen LogP contribution in [0.2, 0.25) is 0 Å². The molecule has 2 heterocycles. The van der Waals surface area contributed by atoms with Gasteiger partial charge in [0.15, 0.2) is 0 Å². The summed E-state index contributed by atoms with van der Waals surface area (Å²) in [5.41, 5.74) is 7.10. The van der Waals surface area contributed by atoms with Gasteiger partial charge in [0.05, 0.1) is 0 Å². The fourth-order valence-electron chi connectivity index (χ4n) is 2.14. The molecular formula is C14H23N3S. The third kappa shape index (κ3) is 3.39. The van der Waals surface area contributed by atoms with E-state index in [-0.39, 0.29) is 6.04 Å². The minimum absolute atomic E-state index is 0.0737. The summed E-state index contributed by atoms with van der Waals surface area (Å²) in [4.78, 5) is 6.88. The lowest BCUT2D eigenvalue weighted by molar-refractivity contribution is 0.634. The molecule has 4 heteroatoms. The minimum atomic E-state index is 0.0737. The lowest BCUT2D eigenvalue weighted by atomic mass is 10.1. The summed E-state index contributed by atoms with van der Waals surface area (Å²) < 4.78 is 0.382. The van der Waals surface area contributed by atoms with E-state index in [4.69, 9.17) is 5.73 Å². The normalized spacial score (nSPS) is 21.4. The largest absolute Gasteiger partial charge is 0.356 e. The van der Waals surface area contributed by atoms with Gasteiger partial charge in [-0.2, -0.15) is 11.8 Å². The molecule has 0 saturated carbocycles. The Morgan fingerprint density at radius 1 is 1.44 bits per heavy atom. The van der Waals surface area contributed by atoms with E-state index in [9.17, 15) is 0 Å². The Balaban J connectivity index is 2.13. The van der Waals surface area contributed by atoms with Gasteiger partial charge in [-0.05, 0) is 31.0 Å². The summed E-state index contributed by atoms with van der Waals surface area (Å²) >= 11 is 2.06. The second kappa shape index (κ2) is 5.49. The highest BCUT2D eigenvalue weighted by Crippen LogP contribution is 2.32. The second-order valence-corrected chi connectivity index (χ2v) is 7.38. The maximum absolute atomic E-state index is 5.94. The van der Waals surface area contributed by atoms with Crippen LogP contribution in [0.4, 0.5) is 5.82 Å². The van der Waals surface area contributed by atoms with E-state index in [1.807, 2.05) is 19.2 Å². The number of nitrogens with zero attached hydrogens (tertiary/aromatic N) is 2. The standard InChI is InChI=1S/C14H23N3S/c1-11(15)12-4-6-16-13(10-12)17-7-5-14(2,3)18-9-8-17/h4,6,10-11H,5,7-9,15H2,1-3H3/t11-/m1/s1. The molecule has 2 rings (SSSR count). The summed E-state index contributed by atoms with van der Waals surface area (Å²) in [6, 6.07) is 4.21. The highest BCUT2D eigenvalue weighted by Gasteiger charge is 2.24. The van der Waals surface area contributed by atoms with Crippen LogP contribution in [0.25, 0.3) is 0 Å². The number of hydrogen-bond acceptors (Lipinski definition) is 4. The first kappa shape index (κ1) is 13.7. The first-order valence-electron chi connectivity index (χ1n) is 6.58. The molecule has 0 aromatic carbocycles. The van der Waals surface area contributed by atoms with Crippen LogP contribution in [0.15, 0.2) is 18.3 Å². The summed E-state index contributed by atoms with van der Waals surface area (Å²) in [6.07, 6.45) is 3.07. The molecule has 18 heavy (non-hydrogen) atoms. The van der Waals surface area contributed by atoms with Gasteiger partial charge in [-0.25, -0.2) is 4.98 Å². The Bertz CT molecular complexity index is 404. The molecule has 100 valence electrons. The smallest absolute Gasteiger partial charge is 0.128 e. The zero-order chi connectivity index (χ0) is 13.2. The van der Waals surface area contributed by atoms with Gasteiger partial charge in [-0.3, -0.25) is 0 Å². The zero-order valence-electron chi connectivity index (χ0n) is 11.5. The number of hydrogen-bond donors (Lipinski definition) is 1. The molecule has 1 fully saturated rings. The molecule has 1 aliphatic rings. The van der Waals surface area contributed by atoms with Crippen molar-refractivity contribution >= 4 is 17.6 Å². The lowest BCUT2D eigenvalue weighted by Crippen LogP contribution is -2.28. The molecule has 0 amide bonds. The first-order chi connectivity index (χ1) is 8.48. The molecule has 1 aromatic heterocycles. The van der Waals surface area contributed by atoms with Crippen molar-refractivity contribution < 1.29 is 0 Å². The third-order valence-corrected chi connectivity index (χ3v) is 4.83. The Kier molecular flexibility index (Phi) is 4.17. The van der Waals surface area contributed by atoms with Crippen LogP contribution in [-0.4, -0.2) is 28.6 Å². The van der Waals surface area contributed by atoms with E-state index in [1.54, 1.807) is 0 Å². The quantitative estimate of drug-likeness (QED) is 0.893. The number of thioether (sulfide) groups is 1. The van der Waals surface area contributed by atoms with Gasteiger partial charge >= 0.3 is 0 Å². The molecule has 1 atom stereocenters. The highest BCUT2D eigenvalue weighted by atomic mass is 32.2. The van der Waals surface area contributed by atoms with Crippen LogP contribution < -0.4 is 10.6 Å².